The van der Waals surface area contributed by atoms with Gasteiger partial charge < -0.3 is 13.9 Å². The van der Waals surface area contributed by atoms with Gasteiger partial charge in [-0.25, -0.2) is 4.98 Å². The molecule has 5 nitrogen and oxygen atoms in total. The summed E-state index contributed by atoms with van der Waals surface area (Å²) >= 11 is 0. The van der Waals surface area contributed by atoms with Gasteiger partial charge in [-0.1, -0.05) is 0 Å². The molecule has 26 heavy (non-hydrogen) atoms. The second-order valence-corrected chi connectivity index (χ2v) is 6.33. The Bertz CT molecular complexity index is 792. The van der Waals surface area contributed by atoms with Crippen molar-refractivity contribution in [2.24, 2.45) is 0 Å². The summed E-state index contributed by atoms with van der Waals surface area (Å²) in [6, 6.07) is 15.4. The summed E-state index contributed by atoms with van der Waals surface area (Å²) in [5.74, 6) is 3.02. The van der Waals surface area contributed by atoms with Crippen molar-refractivity contribution in [3.63, 3.8) is 0 Å². The van der Waals surface area contributed by atoms with Gasteiger partial charge in [0.1, 0.15) is 30.1 Å². The van der Waals surface area contributed by atoms with Gasteiger partial charge in [0.2, 0.25) is 5.89 Å². The van der Waals surface area contributed by atoms with E-state index in [4.69, 9.17) is 13.9 Å². The van der Waals surface area contributed by atoms with Crippen molar-refractivity contribution in [2.75, 3.05) is 26.2 Å². The van der Waals surface area contributed by atoms with Crippen LogP contribution in [0.2, 0.25) is 0 Å². The summed E-state index contributed by atoms with van der Waals surface area (Å²) in [5.41, 5.74) is 0.920. The minimum Gasteiger partial charge on any atom is -0.492 e. The lowest BCUT2D eigenvalue weighted by Gasteiger charge is -2.15. The average Bonchev–Trinajstić information content (AvgIpc) is 3.38. The maximum atomic E-state index is 5.88. The Labute approximate surface area is 153 Å². The molecular weight excluding hydrogens is 328 g/mol. The maximum Gasteiger partial charge on any atom is 0.225 e. The van der Waals surface area contributed by atoms with Crippen LogP contribution >= 0.6 is 0 Å². The topological polar surface area (TPSA) is 47.7 Å². The zero-order valence-electron chi connectivity index (χ0n) is 14.6. The van der Waals surface area contributed by atoms with Crippen molar-refractivity contribution >= 4 is 0 Å². The molecule has 0 N–H and O–H groups in total. The van der Waals surface area contributed by atoms with Crippen LogP contribution in [-0.4, -0.2) is 36.1 Å². The Balaban J connectivity index is 1.29. The van der Waals surface area contributed by atoms with Crippen molar-refractivity contribution in [3.8, 4) is 28.7 Å². The SMILES string of the molecule is c1coc(-c2ccc(Oc3ccc(OCCN4CCCC4)cc3)cc2)n1. The van der Waals surface area contributed by atoms with Gasteiger partial charge in [0.25, 0.3) is 0 Å². The van der Waals surface area contributed by atoms with E-state index >= 15 is 0 Å². The van der Waals surface area contributed by atoms with Crippen molar-refractivity contribution in [1.82, 2.24) is 9.88 Å². The Morgan fingerprint density at radius 2 is 1.54 bits per heavy atom. The molecule has 134 valence electrons. The summed E-state index contributed by atoms with van der Waals surface area (Å²) < 4.78 is 17.0. The molecule has 1 aromatic heterocycles. The molecular formula is C21H22N2O3. The predicted octanol–water partition coefficient (Wildman–Crippen LogP) is 4.61. The molecule has 0 atom stereocenters. The highest BCUT2D eigenvalue weighted by Gasteiger charge is 2.10. The van der Waals surface area contributed by atoms with Gasteiger partial charge in [0.15, 0.2) is 0 Å². The number of ether oxygens (including phenoxy) is 2. The van der Waals surface area contributed by atoms with E-state index < -0.39 is 0 Å². The molecule has 0 spiro atoms. The monoisotopic (exact) mass is 350 g/mol. The first-order valence-corrected chi connectivity index (χ1v) is 9.00. The lowest BCUT2D eigenvalue weighted by atomic mass is 10.2. The second-order valence-electron chi connectivity index (χ2n) is 6.33. The smallest absolute Gasteiger partial charge is 0.225 e. The molecule has 0 saturated carbocycles. The average molecular weight is 350 g/mol. The van der Waals surface area contributed by atoms with Gasteiger partial charge in [-0.3, -0.25) is 4.90 Å². The minimum absolute atomic E-state index is 0.604. The predicted molar refractivity (Wildman–Crippen MR) is 99.6 cm³/mol. The van der Waals surface area contributed by atoms with Crippen LogP contribution in [-0.2, 0) is 0 Å². The number of aromatic nitrogens is 1. The van der Waals surface area contributed by atoms with Gasteiger partial charge in [-0.05, 0) is 74.5 Å². The number of oxazole rings is 1. The van der Waals surface area contributed by atoms with Crippen molar-refractivity contribution in [3.05, 3.63) is 61.0 Å². The zero-order chi connectivity index (χ0) is 17.6. The van der Waals surface area contributed by atoms with Crippen molar-refractivity contribution in [1.29, 1.82) is 0 Å². The van der Waals surface area contributed by atoms with Crippen LogP contribution in [0.1, 0.15) is 12.8 Å². The number of benzene rings is 2. The van der Waals surface area contributed by atoms with E-state index in [1.165, 1.54) is 25.9 Å². The third kappa shape index (κ3) is 4.24. The van der Waals surface area contributed by atoms with E-state index in [-0.39, 0.29) is 0 Å². The Morgan fingerprint density at radius 3 is 2.19 bits per heavy atom. The molecule has 5 heteroatoms. The minimum atomic E-state index is 0.604. The van der Waals surface area contributed by atoms with Gasteiger partial charge in [0, 0.05) is 12.1 Å². The molecule has 4 rings (SSSR count). The summed E-state index contributed by atoms with van der Waals surface area (Å²) in [5, 5.41) is 0. The van der Waals surface area contributed by atoms with E-state index in [0.717, 1.165) is 36.0 Å². The highest BCUT2D eigenvalue weighted by molar-refractivity contribution is 5.54. The molecule has 1 saturated heterocycles. The third-order valence-corrected chi connectivity index (χ3v) is 4.47. The first kappa shape index (κ1) is 16.7. The standard InChI is InChI=1S/C21H22N2O3/c1-2-13-23(12-1)14-16-24-18-7-9-20(10-8-18)26-19-5-3-17(4-6-19)21-22-11-15-25-21/h3-11,15H,1-2,12-14,16H2. The van der Waals surface area contributed by atoms with Crippen LogP contribution in [0.25, 0.3) is 11.5 Å². The zero-order valence-corrected chi connectivity index (χ0v) is 14.6. The molecule has 0 aliphatic carbocycles. The summed E-state index contributed by atoms with van der Waals surface area (Å²) in [7, 11) is 0. The van der Waals surface area contributed by atoms with Gasteiger partial charge in [-0.2, -0.15) is 0 Å². The van der Waals surface area contributed by atoms with E-state index in [0.29, 0.717) is 5.89 Å². The fourth-order valence-corrected chi connectivity index (χ4v) is 3.07. The second kappa shape index (κ2) is 8.06. The highest BCUT2D eigenvalue weighted by Crippen LogP contribution is 2.26. The Kier molecular flexibility index (Phi) is 5.17. The quantitative estimate of drug-likeness (QED) is 0.623. The molecule has 1 aliphatic heterocycles. The first-order chi connectivity index (χ1) is 12.9. The number of nitrogens with zero attached hydrogens (tertiary/aromatic N) is 2. The summed E-state index contributed by atoms with van der Waals surface area (Å²) in [6.45, 7) is 4.12. The number of hydrogen-bond acceptors (Lipinski definition) is 5. The lowest BCUT2D eigenvalue weighted by molar-refractivity contribution is 0.237. The van der Waals surface area contributed by atoms with E-state index in [1.807, 2.05) is 48.5 Å². The van der Waals surface area contributed by atoms with Crippen LogP contribution in [0, 0.1) is 0 Å². The Hall–Kier alpha value is -2.79. The molecule has 0 radical (unpaired) electrons. The normalized spacial score (nSPS) is 14.5. The largest absolute Gasteiger partial charge is 0.492 e. The fraction of sp³-hybridized carbons (Fsp3) is 0.286. The van der Waals surface area contributed by atoms with E-state index in [1.54, 1.807) is 12.5 Å². The van der Waals surface area contributed by atoms with Crippen LogP contribution in [0.3, 0.4) is 0 Å². The molecule has 0 bridgehead atoms. The van der Waals surface area contributed by atoms with Crippen molar-refractivity contribution in [2.45, 2.75) is 12.8 Å². The molecule has 1 fully saturated rings. The van der Waals surface area contributed by atoms with Gasteiger partial charge >= 0.3 is 0 Å². The van der Waals surface area contributed by atoms with Gasteiger partial charge in [-0.15, -0.1) is 0 Å². The van der Waals surface area contributed by atoms with Crippen LogP contribution in [0.4, 0.5) is 0 Å². The van der Waals surface area contributed by atoms with E-state index in [2.05, 4.69) is 9.88 Å². The summed E-state index contributed by atoms with van der Waals surface area (Å²) in [6.07, 6.45) is 5.82. The Morgan fingerprint density at radius 1 is 0.885 bits per heavy atom. The number of rotatable bonds is 7. The lowest BCUT2D eigenvalue weighted by Crippen LogP contribution is -2.25. The molecule has 3 aromatic rings. The molecule has 1 aliphatic rings. The van der Waals surface area contributed by atoms with E-state index in [9.17, 15) is 0 Å². The summed E-state index contributed by atoms with van der Waals surface area (Å²) in [4.78, 5) is 6.58. The van der Waals surface area contributed by atoms with Crippen LogP contribution in [0.5, 0.6) is 17.2 Å². The molecule has 2 aromatic carbocycles. The molecule has 0 amide bonds. The first-order valence-electron chi connectivity index (χ1n) is 9.00. The van der Waals surface area contributed by atoms with Crippen molar-refractivity contribution < 1.29 is 13.9 Å². The number of likely N-dealkylation sites (tertiary alicyclic amines) is 1. The fourth-order valence-electron chi connectivity index (χ4n) is 3.07. The van der Waals surface area contributed by atoms with Gasteiger partial charge in [0.05, 0.1) is 6.20 Å². The van der Waals surface area contributed by atoms with Crippen LogP contribution < -0.4 is 9.47 Å². The molecule has 2 heterocycles. The van der Waals surface area contributed by atoms with Crippen LogP contribution in [0.15, 0.2) is 65.4 Å². The molecule has 0 unspecified atom stereocenters. The number of hydrogen-bond donors (Lipinski definition) is 0. The third-order valence-electron chi connectivity index (χ3n) is 4.47. The maximum absolute atomic E-state index is 5.88. The highest BCUT2D eigenvalue weighted by atomic mass is 16.5.